The summed E-state index contributed by atoms with van der Waals surface area (Å²) in [5, 5.41) is 31.5. The Morgan fingerprint density at radius 3 is 2.65 bits per heavy atom. The summed E-state index contributed by atoms with van der Waals surface area (Å²) in [6.45, 7) is 8.17. The third-order valence-corrected chi connectivity index (χ3v) is 5.47. The van der Waals surface area contributed by atoms with Crippen LogP contribution in [-0.4, -0.2) is 47.2 Å². The molecule has 0 bridgehead atoms. The second-order valence-electron chi connectivity index (χ2n) is 7.72. The molecule has 1 aliphatic heterocycles. The number of likely N-dealkylation sites (tertiary alicyclic amines) is 1. The molecule has 1 aromatic rings. The van der Waals surface area contributed by atoms with E-state index in [0.29, 0.717) is 24.3 Å². The number of azo groups is 1. The fourth-order valence-corrected chi connectivity index (χ4v) is 3.56. The van der Waals surface area contributed by atoms with Gasteiger partial charge in [-0.05, 0) is 30.7 Å². The van der Waals surface area contributed by atoms with Crippen LogP contribution < -0.4 is 5.32 Å². The van der Waals surface area contributed by atoms with Crippen molar-refractivity contribution in [1.29, 1.82) is 5.26 Å². The summed E-state index contributed by atoms with van der Waals surface area (Å²) in [5.41, 5.74) is 1.000. The minimum atomic E-state index is -1.12. The predicted molar refractivity (Wildman–Crippen MR) is 117 cm³/mol. The van der Waals surface area contributed by atoms with E-state index < -0.39 is 24.1 Å². The average Bonchev–Trinajstić information content (AvgIpc) is 2.77. The Balaban J connectivity index is 2.12. The van der Waals surface area contributed by atoms with Crippen molar-refractivity contribution in [2.75, 3.05) is 13.1 Å². The molecule has 2 amide bonds. The van der Waals surface area contributed by atoms with E-state index in [1.165, 1.54) is 4.90 Å². The van der Waals surface area contributed by atoms with Gasteiger partial charge in [0.15, 0.2) is 6.23 Å². The number of rotatable bonds is 10. The molecule has 8 nitrogen and oxygen atoms in total. The lowest BCUT2D eigenvalue weighted by Gasteiger charge is -2.41. The van der Waals surface area contributed by atoms with Gasteiger partial charge in [0.2, 0.25) is 5.91 Å². The zero-order valence-corrected chi connectivity index (χ0v) is 18.2. The zero-order chi connectivity index (χ0) is 22.8. The number of benzene rings is 1. The van der Waals surface area contributed by atoms with Crippen molar-refractivity contribution in [2.45, 2.75) is 51.8 Å². The quantitative estimate of drug-likeness (QED) is 0.338. The summed E-state index contributed by atoms with van der Waals surface area (Å²) in [5.74, 6) is -1.89. The van der Waals surface area contributed by atoms with Crippen LogP contribution in [0.1, 0.15) is 49.9 Å². The van der Waals surface area contributed by atoms with E-state index in [0.717, 1.165) is 25.7 Å². The number of amides is 2. The maximum Gasteiger partial charge on any atom is 0.251 e. The van der Waals surface area contributed by atoms with Gasteiger partial charge in [0.05, 0.1) is 11.8 Å². The van der Waals surface area contributed by atoms with Gasteiger partial charge < -0.3 is 15.3 Å². The molecule has 0 spiro atoms. The van der Waals surface area contributed by atoms with Gasteiger partial charge in [0.25, 0.3) is 5.91 Å². The summed E-state index contributed by atoms with van der Waals surface area (Å²) in [7, 11) is 0. The van der Waals surface area contributed by atoms with Crippen molar-refractivity contribution < 1.29 is 14.7 Å². The van der Waals surface area contributed by atoms with Crippen LogP contribution in [0.5, 0.6) is 0 Å². The van der Waals surface area contributed by atoms with E-state index in [4.69, 9.17) is 0 Å². The fourth-order valence-electron chi connectivity index (χ4n) is 3.56. The number of nitrogens with zero attached hydrogens (tertiary/aromatic N) is 4. The lowest BCUT2D eigenvalue weighted by Crippen LogP contribution is -2.58. The Labute approximate surface area is 183 Å². The number of piperidine rings is 1. The van der Waals surface area contributed by atoms with Crippen LogP contribution in [0.4, 0.5) is 5.69 Å². The number of nitriles is 1. The molecular weight excluding hydrogens is 394 g/mol. The molecule has 1 heterocycles. The molecule has 1 fully saturated rings. The first-order chi connectivity index (χ1) is 14.9. The van der Waals surface area contributed by atoms with Crippen molar-refractivity contribution in [2.24, 2.45) is 22.1 Å². The maximum atomic E-state index is 12.7. The lowest BCUT2D eigenvalue weighted by atomic mass is 9.82. The van der Waals surface area contributed by atoms with Crippen LogP contribution in [0.3, 0.4) is 0 Å². The first-order valence-corrected chi connectivity index (χ1v) is 10.7. The molecular formula is C23H31N5O3. The Morgan fingerprint density at radius 1 is 1.32 bits per heavy atom. The predicted octanol–water partition coefficient (Wildman–Crippen LogP) is 3.57. The number of carbonyl (C=O) groups is 2. The molecule has 166 valence electrons. The summed E-state index contributed by atoms with van der Waals surface area (Å²) in [4.78, 5) is 26.0. The zero-order valence-electron chi connectivity index (χ0n) is 18.2. The number of aliphatic hydroxyl groups is 1. The van der Waals surface area contributed by atoms with Gasteiger partial charge in [0, 0.05) is 24.6 Å². The Bertz CT molecular complexity index is 831. The molecule has 0 saturated carbocycles. The molecule has 31 heavy (non-hydrogen) atoms. The molecule has 1 saturated heterocycles. The molecule has 2 N–H and O–H groups in total. The van der Waals surface area contributed by atoms with Crippen LogP contribution in [0.2, 0.25) is 0 Å². The summed E-state index contributed by atoms with van der Waals surface area (Å²) >= 11 is 0. The molecule has 8 heteroatoms. The molecule has 0 radical (unpaired) electrons. The molecule has 0 aromatic heterocycles. The average molecular weight is 426 g/mol. The molecule has 2 rings (SSSR count). The van der Waals surface area contributed by atoms with Gasteiger partial charge >= 0.3 is 0 Å². The van der Waals surface area contributed by atoms with Gasteiger partial charge in [-0.2, -0.15) is 15.5 Å². The summed E-state index contributed by atoms with van der Waals surface area (Å²) in [6.07, 6.45) is 4.33. The third-order valence-electron chi connectivity index (χ3n) is 5.47. The second kappa shape index (κ2) is 12.0. The number of carbonyl (C=O) groups excluding carboxylic acids is 2. The molecule has 1 aliphatic rings. The summed E-state index contributed by atoms with van der Waals surface area (Å²) < 4.78 is 0. The second-order valence-corrected chi connectivity index (χ2v) is 7.72. The lowest BCUT2D eigenvalue weighted by molar-refractivity contribution is -0.157. The van der Waals surface area contributed by atoms with E-state index in [2.05, 4.69) is 35.1 Å². The highest BCUT2D eigenvalue weighted by Gasteiger charge is 2.46. The first-order valence-electron chi connectivity index (χ1n) is 10.7. The van der Waals surface area contributed by atoms with Crippen LogP contribution in [0, 0.1) is 23.2 Å². The monoisotopic (exact) mass is 425 g/mol. The van der Waals surface area contributed by atoms with Crippen LogP contribution in [0.25, 0.3) is 0 Å². The number of hydrogen-bond acceptors (Lipinski definition) is 6. The highest BCUT2D eigenvalue weighted by molar-refractivity contribution is 5.94. The first kappa shape index (κ1) is 24.2. The SMILES string of the molecule is C=CCNC(=O)c1ccc(N=NC2C(C)C(C#N)C(=O)N(CCCCCC)C2O)cc1. The van der Waals surface area contributed by atoms with Crippen LogP contribution >= 0.6 is 0 Å². The van der Waals surface area contributed by atoms with Crippen molar-refractivity contribution >= 4 is 17.5 Å². The standard InChI is InChI=1S/C23H31N5O3/c1-4-6-7-8-14-28-22(30)19(15-24)16(3)20(23(28)31)27-26-18-11-9-17(10-12-18)21(29)25-13-5-2/h5,9-12,16,19-20,23,31H,2,4,6-8,13-14H2,1,3H3,(H,25,29). The van der Waals surface area contributed by atoms with Gasteiger partial charge in [0.1, 0.15) is 12.0 Å². The van der Waals surface area contributed by atoms with Gasteiger partial charge in [-0.1, -0.05) is 39.2 Å². The van der Waals surface area contributed by atoms with Gasteiger partial charge in [-0.25, -0.2) is 0 Å². The normalized spacial score (nSPS) is 23.5. The van der Waals surface area contributed by atoms with Crippen molar-refractivity contribution in [3.8, 4) is 6.07 Å². The fraction of sp³-hybridized carbons (Fsp3) is 0.522. The molecule has 1 aromatic carbocycles. The minimum Gasteiger partial charge on any atom is -0.371 e. The smallest absolute Gasteiger partial charge is 0.251 e. The maximum absolute atomic E-state index is 12.7. The van der Waals surface area contributed by atoms with Crippen LogP contribution in [-0.2, 0) is 4.79 Å². The molecule has 0 aliphatic carbocycles. The highest BCUT2D eigenvalue weighted by Crippen LogP contribution is 2.31. The largest absolute Gasteiger partial charge is 0.371 e. The number of nitrogens with one attached hydrogen (secondary N) is 1. The minimum absolute atomic E-state index is 0.214. The van der Waals surface area contributed by atoms with E-state index in [9.17, 15) is 20.0 Å². The van der Waals surface area contributed by atoms with Crippen molar-refractivity contribution in [3.63, 3.8) is 0 Å². The van der Waals surface area contributed by atoms with E-state index in [1.54, 1.807) is 37.3 Å². The van der Waals surface area contributed by atoms with E-state index in [-0.39, 0.29) is 11.8 Å². The van der Waals surface area contributed by atoms with Crippen molar-refractivity contribution in [3.05, 3.63) is 42.5 Å². The Kier molecular flexibility index (Phi) is 9.35. The molecule has 4 atom stereocenters. The number of hydrogen-bond donors (Lipinski definition) is 2. The van der Waals surface area contributed by atoms with Gasteiger partial charge in [-0.15, -0.1) is 6.58 Å². The van der Waals surface area contributed by atoms with E-state index >= 15 is 0 Å². The molecule has 4 unspecified atom stereocenters. The summed E-state index contributed by atoms with van der Waals surface area (Å²) in [6, 6.07) is 7.94. The number of aliphatic hydroxyl groups excluding tert-OH is 1. The van der Waals surface area contributed by atoms with Gasteiger partial charge in [-0.3, -0.25) is 9.59 Å². The van der Waals surface area contributed by atoms with Crippen molar-refractivity contribution in [1.82, 2.24) is 10.2 Å². The Hall–Kier alpha value is -3.05. The Morgan fingerprint density at radius 2 is 2.03 bits per heavy atom. The van der Waals surface area contributed by atoms with Crippen LogP contribution in [0.15, 0.2) is 47.1 Å². The third kappa shape index (κ3) is 6.22. The van der Waals surface area contributed by atoms with E-state index in [1.807, 2.05) is 0 Å². The topological polar surface area (TPSA) is 118 Å². The highest BCUT2D eigenvalue weighted by atomic mass is 16.3. The number of unbranched alkanes of at least 4 members (excludes halogenated alkanes) is 3.